The van der Waals surface area contributed by atoms with E-state index in [1.165, 1.54) is 11.3 Å². The third-order valence-corrected chi connectivity index (χ3v) is 3.59. The van der Waals surface area contributed by atoms with Gasteiger partial charge in [-0.05, 0) is 24.1 Å². The van der Waals surface area contributed by atoms with Crippen molar-refractivity contribution in [1.82, 2.24) is 4.90 Å². The Bertz CT molecular complexity index is 355. The third-order valence-electron chi connectivity index (χ3n) is 3.59. The van der Waals surface area contributed by atoms with Gasteiger partial charge >= 0.3 is 0 Å². The van der Waals surface area contributed by atoms with Crippen LogP contribution in [-0.2, 0) is 6.54 Å². The van der Waals surface area contributed by atoms with Crippen LogP contribution in [0.1, 0.15) is 18.9 Å². The van der Waals surface area contributed by atoms with Gasteiger partial charge in [-0.15, -0.1) is 0 Å². The smallest absolute Gasteiger partial charge is 0.101 e. The number of benzene rings is 1. The van der Waals surface area contributed by atoms with Crippen molar-refractivity contribution in [1.29, 1.82) is 0 Å². The van der Waals surface area contributed by atoms with Crippen LogP contribution in [0.15, 0.2) is 24.3 Å². The molecule has 2 rings (SSSR count). The van der Waals surface area contributed by atoms with Gasteiger partial charge in [0.15, 0.2) is 0 Å². The maximum atomic E-state index is 5.98. The van der Waals surface area contributed by atoms with E-state index in [1.807, 2.05) is 0 Å². The highest BCUT2D eigenvalue weighted by molar-refractivity contribution is 5.48. The lowest BCUT2D eigenvalue weighted by molar-refractivity contribution is 0.257. The van der Waals surface area contributed by atoms with Gasteiger partial charge in [0.25, 0.3) is 0 Å². The average molecular weight is 247 g/mol. The van der Waals surface area contributed by atoms with Crippen LogP contribution in [0, 0.1) is 6.17 Å². The second-order valence-corrected chi connectivity index (χ2v) is 4.69. The quantitative estimate of drug-likeness (QED) is 0.837. The summed E-state index contributed by atoms with van der Waals surface area (Å²) in [7, 11) is 0. The van der Waals surface area contributed by atoms with Crippen LogP contribution in [0.4, 0.5) is 5.69 Å². The largest absolute Gasteiger partial charge is 0.369 e. The lowest BCUT2D eigenvalue weighted by Crippen LogP contribution is -2.49. The minimum atomic E-state index is 0.607. The highest BCUT2D eigenvalue weighted by Crippen LogP contribution is 2.19. The molecule has 0 aromatic heterocycles. The summed E-state index contributed by atoms with van der Waals surface area (Å²) < 4.78 is 0. The second-order valence-electron chi connectivity index (χ2n) is 4.69. The molecule has 1 aliphatic rings. The van der Waals surface area contributed by atoms with E-state index in [9.17, 15) is 0 Å². The molecular weight excluding hydrogens is 224 g/mol. The van der Waals surface area contributed by atoms with E-state index in [0.29, 0.717) is 6.54 Å². The van der Waals surface area contributed by atoms with Crippen LogP contribution in [0.25, 0.3) is 0 Å². The van der Waals surface area contributed by atoms with E-state index in [2.05, 4.69) is 41.0 Å². The van der Waals surface area contributed by atoms with E-state index in [0.717, 1.165) is 38.8 Å². The van der Waals surface area contributed by atoms with Gasteiger partial charge in [0.05, 0.1) is 0 Å². The molecule has 1 fully saturated rings. The summed E-state index contributed by atoms with van der Waals surface area (Å²) in [4.78, 5) is 4.69. The molecule has 18 heavy (non-hydrogen) atoms. The number of hydrogen-bond donors (Lipinski definition) is 2. The van der Waals surface area contributed by atoms with E-state index in [-0.39, 0.29) is 0 Å². The molecule has 99 valence electrons. The molecule has 0 atom stereocenters. The number of nitrogens with zero attached hydrogens (tertiary/aromatic N) is 2. The Labute approximate surface area is 110 Å². The summed E-state index contributed by atoms with van der Waals surface area (Å²) in [5.41, 5.74) is 14.0. The van der Waals surface area contributed by atoms with Gasteiger partial charge in [-0.1, -0.05) is 19.1 Å². The highest BCUT2D eigenvalue weighted by atomic mass is 15.3. The molecule has 1 aromatic carbocycles. The fourth-order valence-corrected chi connectivity index (χ4v) is 2.32. The molecule has 4 nitrogen and oxygen atoms in total. The number of rotatable bonds is 4. The lowest BCUT2D eigenvalue weighted by Gasteiger charge is -2.38. The molecule has 0 saturated carbocycles. The van der Waals surface area contributed by atoms with Crippen LogP contribution in [0.5, 0.6) is 0 Å². The average Bonchev–Trinajstić information content (AvgIpc) is 2.47. The predicted octanol–water partition coefficient (Wildman–Crippen LogP) is 1.13. The zero-order chi connectivity index (χ0) is 13.0. The Morgan fingerprint density at radius 3 is 2.22 bits per heavy atom. The van der Waals surface area contributed by atoms with Crippen LogP contribution in [-0.4, -0.2) is 31.1 Å². The summed E-state index contributed by atoms with van der Waals surface area (Å²) >= 11 is 0. The first-order valence-corrected chi connectivity index (χ1v) is 6.64. The first-order chi connectivity index (χ1) is 8.74. The summed E-state index contributed by atoms with van der Waals surface area (Å²) in [6.45, 7) is 6.80. The maximum absolute atomic E-state index is 5.98. The lowest BCUT2D eigenvalue weighted by atomic mass is 10.1. The van der Waals surface area contributed by atoms with Gasteiger partial charge in [-0.2, -0.15) is 0 Å². The fraction of sp³-hybridized carbons (Fsp3) is 0.500. The van der Waals surface area contributed by atoms with E-state index < -0.39 is 0 Å². The Balaban J connectivity index is 1.92. The zero-order valence-corrected chi connectivity index (χ0v) is 11.1. The monoisotopic (exact) mass is 247 g/mol. The molecule has 4 heteroatoms. The van der Waals surface area contributed by atoms with Crippen molar-refractivity contribution in [3.05, 3.63) is 36.0 Å². The zero-order valence-electron chi connectivity index (χ0n) is 11.1. The molecule has 0 spiro atoms. The van der Waals surface area contributed by atoms with Gasteiger partial charge < -0.3 is 16.4 Å². The molecular formula is C14H23N4. The van der Waals surface area contributed by atoms with Crippen molar-refractivity contribution in [2.45, 2.75) is 19.9 Å². The van der Waals surface area contributed by atoms with Crippen LogP contribution < -0.4 is 16.4 Å². The predicted molar refractivity (Wildman–Crippen MR) is 75.8 cm³/mol. The van der Waals surface area contributed by atoms with E-state index >= 15 is 0 Å². The van der Waals surface area contributed by atoms with Gasteiger partial charge in [-0.3, -0.25) is 4.90 Å². The third kappa shape index (κ3) is 3.02. The summed E-state index contributed by atoms with van der Waals surface area (Å²) in [5, 5.41) is 0. The first kappa shape index (κ1) is 13.3. The minimum Gasteiger partial charge on any atom is -0.369 e. The van der Waals surface area contributed by atoms with Crippen molar-refractivity contribution >= 4 is 5.69 Å². The SMILES string of the molecule is CC[C](N)N1CCN(c2ccc(CN)cc2)CC1. The molecule has 1 radical (unpaired) electrons. The fourth-order valence-electron chi connectivity index (χ4n) is 2.32. The van der Waals surface area contributed by atoms with Gasteiger partial charge in [0, 0.05) is 38.4 Å². The Kier molecular flexibility index (Phi) is 4.58. The molecule has 0 unspecified atom stereocenters. The van der Waals surface area contributed by atoms with E-state index in [1.54, 1.807) is 0 Å². The van der Waals surface area contributed by atoms with Crippen molar-refractivity contribution in [3.63, 3.8) is 0 Å². The minimum absolute atomic E-state index is 0.607. The highest BCUT2D eigenvalue weighted by Gasteiger charge is 2.20. The Morgan fingerprint density at radius 2 is 1.72 bits per heavy atom. The molecule has 0 amide bonds. The maximum Gasteiger partial charge on any atom is 0.101 e. The van der Waals surface area contributed by atoms with Crippen LogP contribution in [0.3, 0.4) is 0 Å². The number of piperazine rings is 1. The Hall–Kier alpha value is -1.10. The van der Waals surface area contributed by atoms with Gasteiger partial charge in [0.1, 0.15) is 6.17 Å². The molecule has 0 aliphatic carbocycles. The van der Waals surface area contributed by atoms with Crippen molar-refractivity contribution < 1.29 is 0 Å². The molecule has 0 bridgehead atoms. The molecule has 1 heterocycles. The van der Waals surface area contributed by atoms with Crippen molar-refractivity contribution in [2.24, 2.45) is 11.5 Å². The van der Waals surface area contributed by atoms with Crippen molar-refractivity contribution in [2.75, 3.05) is 31.1 Å². The summed E-state index contributed by atoms with van der Waals surface area (Å²) in [6.07, 6.45) is 1.94. The van der Waals surface area contributed by atoms with Gasteiger partial charge in [0.2, 0.25) is 0 Å². The van der Waals surface area contributed by atoms with E-state index in [4.69, 9.17) is 11.5 Å². The number of anilines is 1. The van der Waals surface area contributed by atoms with Crippen molar-refractivity contribution in [3.8, 4) is 0 Å². The summed E-state index contributed by atoms with van der Waals surface area (Å²) in [6, 6.07) is 8.53. The normalized spacial score (nSPS) is 17.4. The first-order valence-electron chi connectivity index (χ1n) is 6.64. The van der Waals surface area contributed by atoms with Crippen LogP contribution in [0.2, 0.25) is 0 Å². The topological polar surface area (TPSA) is 58.5 Å². The Morgan fingerprint density at radius 1 is 1.11 bits per heavy atom. The molecule has 1 aromatic rings. The van der Waals surface area contributed by atoms with Crippen LogP contribution >= 0.6 is 0 Å². The molecule has 4 N–H and O–H groups in total. The number of hydrogen-bond acceptors (Lipinski definition) is 4. The second kappa shape index (κ2) is 6.18. The molecule has 1 saturated heterocycles. The number of nitrogens with two attached hydrogens (primary N) is 2. The standard InChI is InChI=1S/C14H23N4/c1-2-14(16)18-9-7-17(8-10-18)13-5-3-12(11-15)4-6-13/h3-6H,2,7-11,15-16H2,1H3. The van der Waals surface area contributed by atoms with Gasteiger partial charge in [-0.25, -0.2) is 0 Å². The summed E-state index contributed by atoms with van der Waals surface area (Å²) in [5.74, 6) is 0. The molecule has 1 aliphatic heterocycles.